The van der Waals surface area contributed by atoms with Crippen LogP contribution in [-0.4, -0.2) is 54.3 Å². The van der Waals surface area contributed by atoms with Gasteiger partial charge >= 0.3 is 0 Å². The van der Waals surface area contributed by atoms with Crippen LogP contribution in [-0.2, 0) is 16.1 Å². The summed E-state index contributed by atoms with van der Waals surface area (Å²) >= 11 is 0. The number of rotatable bonds is 7. The first-order chi connectivity index (χ1) is 13.2. The molecule has 1 aromatic carbocycles. The maximum atomic E-state index is 12.5. The Balaban J connectivity index is 1.31. The van der Waals surface area contributed by atoms with Crippen molar-refractivity contribution >= 4 is 11.8 Å². The van der Waals surface area contributed by atoms with E-state index in [1.165, 1.54) is 32.1 Å². The van der Waals surface area contributed by atoms with E-state index in [0.29, 0.717) is 25.4 Å². The second kappa shape index (κ2) is 10.5. The van der Waals surface area contributed by atoms with Gasteiger partial charge in [-0.05, 0) is 17.9 Å². The second-order valence-electron chi connectivity index (χ2n) is 7.96. The van der Waals surface area contributed by atoms with Crippen molar-refractivity contribution in [2.75, 3.05) is 32.7 Å². The number of nitrogens with zero attached hydrogens (tertiary/aromatic N) is 2. The second-order valence-corrected chi connectivity index (χ2v) is 7.96. The number of carbonyl (C=O) groups is 2. The monoisotopic (exact) mass is 371 g/mol. The molecule has 2 amide bonds. The Hall–Kier alpha value is -1.88. The van der Waals surface area contributed by atoms with Gasteiger partial charge in [-0.1, -0.05) is 62.4 Å². The molecule has 2 aliphatic rings. The fourth-order valence-electron chi connectivity index (χ4n) is 4.17. The molecule has 0 spiro atoms. The Morgan fingerprint density at radius 1 is 0.963 bits per heavy atom. The van der Waals surface area contributed by atoms with Gasteiger partial charge in [0.1, 0.15) is 0 Å². The van der Waals surface area contributed by atoms with E-state index < -0.39 is 0 Å². The molecule has 2 fully saturated rings. The molecule has 0 unspecified atom stereocenters. The number of hydrogen-bond donors (Lipinski definition) is 1. The van der Waals surface area contributed by atoms with E-state index in [1.807, 2.05) is 35.2 Å². The van der Waals surface area contributed by atoms with E-state index in [2.05, 4.69) is 10.2 Å². The average molecular weight is 372 g/mol. The smallest absolute Gasteiger partial charge is 0.234 e. The molecule has 5 heteroatoms. The minimum absolute atomic E-state index is 0.0518. The topological polar surface area (TPSA) is 52.7 Å². The summed E-state index contributed by atoms with van der Waals surface area (Å²) in [7, 11) is 0. The van der Waals surface area contributed by atoms with Crippen LogP contribution in [0, 0.1) is 5.92 Å². The summed E-state index contributed by atoms with van der Waals surface area (Å²) in [6.45, 7) is 4.04. The molecule has 148 valence electrons. The first-order valence-corrected chi connectivity index (χ1v) is 10.5. The van der Waals surface area contributed by atoms with Crippen LogP contribution >= 0.6 is 0 Å². The van der Waals surface area contributed by atoms with Gasteiger partial charge in [-0.3, -0.25) is 14.5 Å². The Morgan fingerprint density at radius 3 is 2.37 bits per heavy atom. The maximum absolute atomic E-state index is 12.5. The van der Waals surface area contributed by atoms with Crippen molar-refractivity contribution in [2.45, 2.75) is 51.5 Å². The summed E-state index contributed by atoms with van der Waals surface area (Å²) in [5, 5.41) is 2.98. The molecule has 1 saturated carbocycles. The van der Waals surface area contributed by atoms with Gasteiger partial charge in [0.05, 0.1) is 6.54 Å². The highest BCUT2D eigenvalue weighted by atomic mass is 16.2. The molecule has 1 heterocycles. The molecule has 1 saturated heterocycles. The van der Waals surface area contributed by atoms with Crippen molar-refractivity contribution in [3.05, 3.63) is 35.9 Å². The predicted octanol–water partition coefficient (Wildman–Crippen LogP) is 2.81. The predicted molar refractivity (Wildman–Crippen MR) is 107 cm³/mol. The molecule has 0 aromatic heterocycles. The minimum atomic E-state index is 0.0518. The van der Waals surface area contributed by atoms with Crippen LogP contribution in [0.25, 0.3) is 0 Å². The van der Waals surface area contributed by atoms with Gasteiger partial charge in [0.15, 0.2) is 0 Å². The number of carbonyl (C=O) groups excluding carboxylic acids is 2. The van der Waals surface area contributed by atoms with E-state index in [-0.39, 0.29) is 5.91 Å². The van der Waals surface area contributed by atoms with Crippen molar-refractivity contribution in [1.82, 2.24) is 15.1 Å². The molecular weight excluding hydrogens is 338 g/mol. The molecule has 3 rings (SSSR count). The number of hydrogen-bond acceptors (Lipinski definition) is 3. The lowest BCUT2D eigenvalue weighted by molar-refractivity contribution is -0.133. The minimum Gasteiger partial charge on any atom is -0.351 e. The van der Waals surface area contributed by atoms with Gasteiger partial charge in [0.2, 0.25) is 11.8 Å². The largest absolute Gasteiger partial charge is 0.351 e. The van der Waals surface area contributed by atoms with Crippen LogP contribution in [0.5, 0.6) is 0 Å². The fourth-order valence-corrected chi connectivity index (χ4v) is 4.17. The Bertz CT molecular complexity index is 591. The summed E-state index contributed by atoms with van der Waals surface area (Å²) in [5.41, 5.74) is 1.11. The van der Waals surface area contributed by atoms with Gasteiger partial charge in [-0.2, -0.15) is 0 Å². The van der Waals surface area contributed by atoms with E-state index in [0.717, 1.165) is 44.1 Å². The van der Waals surface area contributed by atoms with Crippen molar-refractivity contribution in [2.24, 2.45) is 5.92 Å². The molecule has 27 heavy (non-hydrogen) atoms. The van der Waals surface area contributed by atoms with Gasteiger partial charge in [0, 0.05) is 39.1 Å². The summed E-state index contributed by atoms with van der Waals surface area (Å²) in [4.78, 5) is 28.7. The standard InChI is InChI=1S/C22H33N3O2/c26-21(23-17-20-9-5-2-6-10-20)18-24-13-15-25(16-14-24)22(27)12-11-19-7-3-1-4-8-19/h2,5-6,9-10,19H,1,3-4,7-8,11-18H2,(H,23,26). The Morgan fingerprint density at radius 2 is 1.67 bits per heavy atom. The van der Waals surface area contributed by atoms with E-state index in [9.17, 15) is 9.59 Å². The first kappa shape index (κ1) is 19.9. The molecule has 0 radical (unpaired) electrons. The number of amides is 2. The molecule has 5 nitrogen and oxygen atoms in total. The maximum Gasteiger partial charge on any atom is 0.234 e. The molecule has 0 bridgehead atoms. The molecule has 1 aliphatic carbocycles. The lowest BCUT2D eigenvalue weighted by Gasteiger charge is -2.34. The molecular formula is C22H33N3O2. The van der Waals surface area contributed by atoms with Crippen LogP contribution in [0.2, 0.25) is 0 Å². The van der Waals surface area contributed by atoms with Crippen molar-refractivity contribution in [1.29, 1.82) is 0 Å². The number of piperazine rings is 1. The van der Waals surface area contributed by atoms with E-state index in [4.69, 9.17) is 0 Å². The van der Waals surface area contributed by atoms with Crippen molar-refractivity contribution in [3.8, 4) is 0 Å². The lowest BCUT2D eigenvalue weighted by Crippen LogP contribution is -2.51. The lowest BCUT2D eigenvalue weighted by atomic mass is 9.86. The Labute approximate surface area is 163 Å². The van der Waals surface area contributed by atoms with Gasteiger partial charge in [-0.25, -0.2) is 0 Å². The summed E-state index contributed by atoms with van der Waals surface area (Å²) < 4.78 is 0. The van der Waals surface area contributed by atoms with Gasteiger partial charge in [0.25, 0.3) is 0 Å². The quantitative estimate of drug-likeness (QED) is 0.802. The third kappa shape index (κ3) is 6.65. The molecule has 0 atom stereocenters. The summed E-state index contributed by atoms with van der Waals surface area (Å²) in [6, 6.07) is 9.95. The highest BCUT2D eigenvalue weighted by Gasteiger charge is 2.23. The average Bonchev–Trinajstić information content (AvgIpc) is 2.72. The van der Waals surface area contributed by atoms with Gasteiger partial charge < -0.3 is 10.2 Å². The van der Waals surface area contributed by atoms with Crippen LogP contribution in [0.4, 0.5) is 0 Å². The zero-order valence-electron chi connectivity index (χ0n) is 16.4. The third-order valence-electron chi connectivity index (χ3n) is 5.92. The van der Waals surface area contributed by atoms with Crippen LogP contribution in [0.1, 0.15) is 50.5 Å². The number of benzene rings is 1. The van der Waals surface area contributed by atoms with Crippen molar-refractivity contribution < 1.29 is 9.59 Å². The zero-order valence-corrected chi connectivity index (χ0v) is 16.4. The summed E-state index contributed by atoms with van der Waals surface area (Å²) in [5.74, 6) is 1.11. The summed E-state index contributed by atoms with van der Waals surface area (Å²) in [6.07, 6.45) is 8.40. The molecule has 1 aliphatic heterocycles. The number of nitrogens with one attached hydrogen (secondary N) is 1. The van der Waals surface area contributed by atoms with Crippen LogP contribution in [0.3, 0.4) is 0 Å². The van der Waals surface area contributed by atoms with Crippen LogP contribution in [0.15, 0.2) is 30.3 Å². The van der Waals surface area contributed by atoms with Crippen LogP contribution < -0.4 is 5.32 Å². The highest BCUT2D eigenvalue weighted by molar-refractivity contribution is 5.78. The third-order valence-corrected chi connectivity index (χ3v) is 5.92. The fraction of sp³-hybridized carbons (Fsp3) is 0.636. The Kier molecular flexibility index (Phi) is 7.69. The zero-order chi connectivity index (χ0) is 18.9. The van der Waals surface area contributed by atoms with Gasteiger partial charge in [-0.15, -0.1) is 0 Å². The van der Waals surface area contributed by atoms with E-state index in [1.54, 1.807) is 0 Å². The highest BCUT2D eigenvalue weighted by Crippen LogP contribution is 2.27. The molecule has 1 N–H and O–H groups in total. The SMILES string of the molecule is O=C(CN1CCN(C(=O)CCC2CCCCC2)CC1)NCc1ccccc1. The normalized spacial score (nSPS) is 19.0. The van der Waals surface area contributed by atoms with Crippen molar-refractivity contribution in [3.63, 3.8) is 0 Å². The van der Waals surface area contributed by atoms with E-state index >= 15 is 0 Å². The molecule has 1 aromatic rings. The first-order valence-electron chi connectivity index (χ1n) is 10.5.